The third-order valence-electron chi connectivity index (χ3n) is 6.48. The van der Waals surface area contributed by atoms with Crippen molar-refractivity contribution >= 4 is 50.5 Å². The van der Waals surface area contributed by atoms with E-state index in [2.05, 4.69) is 9.97 Å². The second-order valence-electron chi connectivity index (χ2n) is 8.55. The van der Waals surface area contributed by atoms with Gasteiger partial charge >= 0.3 is 0 Å². The number of benzene rings is 3. The molecule has 0 saturated heterocycles. The Labute approximate surface area is 195 Å². The number of H-pyrrole nitrogens is 2. The highest BCUT2D eigenvalue weighted by atomic mass is 16.3. The number of anilines is 1. The number of para-hydroxylation sites is 2. The third-order valence-corrected chi connectivity index (χ3v) is 6.48. The highest BCUT2D eigenvalue weighted by Crippen LogP contribution is 2.44. The molecule has 3 N–H and O–H groups in total. The largest absolute Gasteiger partial charge is 0.508 e. The van der Waals surface area contributed by atoms with Gasteiger partial charge in [-0.1, -0.05) is 36.4 Å². The number of imide groups is 1. The van der Waals surface area contributed by atoms with Crippen LogP contribution in [0.15, 0.2) is 72.8 Å². The fourth-order valence-electron chi connectivity index (χ4n) is 5.03. The summed E-state index contributed by atoms with van der Waals surface area (Å²) < 4.78 is 0. The van der Waals surface area contributed by atoms with Crippen molar-refractivity contribution in [2.24, 2.45) is 0 Å². The first-order valence-corrected chi connectivity index (χ1v) is 11.0. The molecule has 0 unspecified atom stereocenters. The Bertz CT molecular complexity index is 1570. The lowest BCUT2D eigenvalue weighted by molar-refractivity contribution is -0.119. The van der Waals surface area contributed by atoms with Crippen LogP contribution in [-0.4, -0.2) is 26.9 Å². The Kier molecular flexibility index (Phi) is 4.26. The maximum Gasteiger partial charge on any atom is 0.266 e. The Morgan fingerprint density at radius 2 is 1.09 bits per heavy atom. The van der Waals surface area contributed by atoms with Crippen molar-refractivity contribution in [1.82, 2.24) is 9.97 Å². The molecule has 1 aliphatic heterocycles. The number of aromatic nitrogens is 2. The average Bonchev–Trinajstić information content (AvgIpc) is 3.41. The average molecular weight is 447 g/mol. The van der Waals surface area contributed by atoms with E-state index < -0.39 is 0 Å². The van der Waals surface area contributed by atoms with E-state index in [-0.39, 0.29) is 17.6 Å². The van der Waals surface area contributed by atoms with Crippen LogP contribution in [0.25, 0.3) is 33.0 Å². The number of phenols is 1. The first-order valence-electron chi connectivity index (χ1n) is 11.0. The molecule has 0 bridgehead atoms. The molecule has 6 rings (SSSR count). The van der Waals surface area contributed by atoms with Crippen LogP contribution in [0.5, 0.6) is 5.75 Å². The first-order chi connectivity index (χ1) is 16.5. The summed E-state index contributed by atoms with van der Waals surface area (Å²) in [4.78, 5) is 35.9. The van der Waals surface area contributed by atoms with Gasteiger partial charge in [-0.25, -0.2) is 4.90 Å². The lowest BCUT2D eigenvalue weighted by Gasteiger charge is -2.15. The van der Waals surface area contributed by atoms with E-state index in [1.807, 2.05) is 62.4 Å². The van der Waals surface area contributed by atoms with Crippen molar-refractivity contribution in [3.8, 4) is 5.75 Å². The lowest BCUT2D eigenvalue weighted by atomic mass is 9.93. The van der Waals surface area contributed by atoms with Gasteiger partial charge in [0, 0.05) is 44.3 Å². The van der Waals surface area contributed by atoms with Gasteiger partial charge in [-0.05, 0) is 50.2 Å². The number of amides is 2. The summed E-state index contributed by atoms with van der Waals surface area (Å²) in [5, 5.41) is 11.5. The molecule has 34 heavy (non-hydrogen) atoms. The Balaban J connectivity index is 1.69. The molecule has 2 amide bonds. The van der Waals surface area contributed by atoms with Crippen LogP contribution in [0, 0.1) is 13.8 Å². The van der Waals surface area contributed by atoms with Gasteiger partial charge in [0.2, 0.25) is 0 Å². The molecule has 2 aromatic heterocycles. The van der Waals surface area contributed by atoms with Crippen molar-refractivity contribution in [3.05, 3.63) is 95.3 Å². The molecule has 3 aromatic carbocycles. The van der Waals surface area contributed by atoms with E-state index in [1.165, 1.54) is 17.0 Å². The summed E-state index contributed by atoms with van der Waals surface area (Å²) in [6.07, 6.45) is 0. The summed E-state index contributed by atoms with van der Waals surface area (Å²) >= 11 is 0. The Morgan fingerprint density at radius 1 is 0.647 bits per heavy atom. The zero-order chi connectivity index (χ0) is 23.6. The van der Waals surface area contributed by atoms with E-state index >= 15 is 0 Å². The zero-order valence-corrected chi connectivity index (χ0v) is 18.6. The van der Waals surface area contributed by atoms with Crippen molar-refractivity contribution in [2.75, 3.05) is 4.90 Å². The van der Waals surface area contributed by atoms with Gasteiger partial charge in [0.15, 0.2) is 0 Å². The third kappa shape index (κ3) is 2.75. The quantitative estimate of drug-likeness (QED) is 0.321. The number of aromatic hydroxyl groups is 1. The van der Waals surface area contributed by atoms with Crippen LogP contribution in [0.3, 0.4) is 0 Å². The summed E-state index contributed by atoms with van der Waals surface area (Å²) in [7, 11) is 0. The summed E-state index contributed by atoms with van der Waals surface area (Å²) in [6, 6.07) is 21.7. The van der Waals surface area contributed by atoms with Crippen LogP contribution in [0.2, 0.25) is 0 Å². The summed E-state index contributed by atoms with van der Waals surface area (Å²) in [5.41, 5.74) is 6.07. The first kappa shape index (κ1) is 20.1. The fourth-order valence-corrected chi connectivity index (χ4v) is 5.03. The minimum atomic E-state index is -0.386. The van der Waals surface area contributed by atoms with Crippen LogP contribution < -0.4 is 4.90 Å². The molecule has 3 heterocycles. The zero-order valence-electron chi connectivity index (χ0n) is 18.6. The van der Waals surface area contributed by atoms with Gasteiger partial charge < -0.3 is 15.1 Å². The predicted molar refractivity (Wildman–Crippen MR) is 133 cm³/mol. The second-order valence-corrected chi connectivity index (χ2v) is 8.55. The van der Waals surface area contributed by atoms with Crippen LogP contribution in [0.1, 0.15) is 22.5 Å². The number of hydrogen-bond donors (Lipinski definition) is 3. The number of aryl methyl sites for hydroxylation is 2. The number of aromatic amines is 2. The minimum absolute atomic E-state index is 0.0659. The smallest absolute Gasteiger partial charge is 0.266 e. The monoisotopic (exact) mass is 447 g/mol. The van der Waals surface area contributed by atoms with Crippen LogP contribution >= 0.6 is 0 Å². The van der Waals surface area contributed by atoms with Crippen molar-refractivity contribution < 1.29 is 14.7 Å². The molecule has 0 aliphatic carbocycles. The van der Waals surface area contributed by atoms with E-state index in [0.717, 1.165) is 44.3 Å². The molecular weight excluding hydrogens is 426 g/mol. The molecule has 0 saturated carbocycles. The van der Waals surface area contributed by atoms with Gasteiger partial charge in [0.1, 0.15) is 5.75 Å². The van der Waals surface area contributed by atoms with Crippen molar-refractivity contribution in [1.29, 1.82) is 0 Å². The second kappa shape index (κ2) is 7.22. The molecule has 1 aliphatic rings. The number of hydrogen-bond acceptors (Lipinski definition) is 3. The number of carbonyl (C=O) groups is 2. The Hall–Kier alpha value is -4.58. The van der Waals surface area contributed by atoms with Crippen molar-refractivity contribution in [2.45, 2.75) is 13.8 Å². The van der Waals surface area contributed by atoms with E-state index in [1.54, 1.807) is 12.1 Å². The fraction of sp³-hybridized carbons (Fsp3) is 0.0714. The SMILES string of the molecule is Cc1[nH]c2ccccc2c1C1=C(c2c(C)[nH]c3ccccc23)C(=O)N(c2ccc(O)cc2)C1=O. The van der Waals surface area contributed by atoms with Crippen LogP contribution in [-0.2, 0) is 9.59 Å². The molecule has 5 aromatic rings. The maximum absolute atomic E-state index is 14.0. The minimum Gasteiger partial charge on any atom is -0.508 e. The van der Waals surface area contributed by atoms with Crippen molar-refractivity contribution in [3.63, 3.8) is 0 Å². The normalized spacial score (nSPS) is 14.2. The van der Waals surface area contributed by atoms with E-state index in [4.69, 9.17) is 0 Å². The van der Waals surface area contributed by atoms with Gasteiger partial charge in [-0.3, -0.25) is 9.59 Å². The molecule has 6 heteroatoms. The highest BCUT2D eigenvalue weighted by molar-refractivity contribution is 6.58. The number of phenolic OH excluding ortho intramolecular Hbond substituents is 1. The predicted octanol–water partition coefficient (Wildman–Crippen LogP) is 5.46. The van der Waals surface area contributed by atoms with Crippen LogP contribution in [0.4, 0.5) is 5.69 Å². The van der Waals surface area contributed by atoms with Gasteiger partial charge in [-0.15, -0.1) is 0 Å². The highest BCUT2D eigenvalue weighted by Gasteiger charge is 2.43. The number of rotatable bonds is 3. The Morgan fingerprint density at radius 3 is 1.56 bits per heavy atom. The summed E-state index contributed by atoms with van der Waals surface area (Å²) in [6.45, 7) is 3.84. The van der Waals surface area contributed by atoms with Gasteiger partial charge in [0.25, 0.3) is 11.8 Å². The lowest BCUT2D eigenvalue weighted by Crippen LogP contribution is -2.31. The molecule has 6 nitrogen and oxygen atoms in total. The number of nitrogens with zero attached hydrogens (tertiary/aromatic N) is 1. The number of nitrogens with one attached hydrogen (secondary N) is 2. The van der Waals surface area contributed by atoms with E-state index in [9.17, 15) is 14.7 Å². The molecule has 166 valence electrons. The summed E-state index contributed by atoms with van der Waals surface area (Å²) in [5.74, 6) is -0.706. The molecule has 0 fully saturated rings. The molecule has 0 atom stereocenters. The van der Waals surface area contributed by atoms with Gasteiger partial charge in [0.05, 0.1) is 16.8 Å². The maximum atomic E-state index is 14.0. The standard InChI is InChI=1S/C28H21N3O3/c1-15-23(19-7-3-5-9-21(19)29-15)25-26(24-16(2)30-22-10-6-4-8-20(22)24)28(34)31(27(25)33)17-11-13-18(32)14-12-17/h3-14,29-30,32H,1-2H3. The van der Waals surface area contributed by atoms with Gasteiger partial charge in [-0.2, -0.15) is 0 Å². The number of carbonyl (C=O) groups excluding carboxylic acids is 2. The topological polar surface area (TPSA) is 89.2 Å². The molecular formula is C28H21N3O3. The molecule has 0 radical (unpaired) electrons. The number of fused-ring (bicyclic) bond motifs is 2. The molecule has 0 spiro atoms. The van der Waals surface area contributed by atoms with E-state index in [0.29, 0.717) is 16.8 Å².